The first kappa shape index (κ1) is 16.0. The van der Waals surface area contributed by atoms with Crippen LogP contribution < -0.4 is 5.32 Å². The molecule has 20 heavy (non-hydrogen) atoms. The number of hydrogen-bond donors (Lipinski definition) is 1. The third kappa shape index (κ3) is 4.29. The minimum absolute atomic E-state index is 0.0770. The lowest BCUT2D eigenvalue weighted by Crippen LogP contribution is -2.41. The first-order chi connectivity index (χ1) is 9.60. The van der Waals surface area contributed by atoms with Gasteiger partial charge in [0.1, 0.15) is 5.82 Å². The standard InChI is InChI=1S/C17H25BrFN/c1-3-8-20-17-7-4-12(2)9-14(17)10-13-5-6-15(18)11-16(13)19/h5-6,11-12,14,17,20H,3-4,7-10H2,1-2H3. The van der Waals surface area contributed by atoms with Gasteiger partial charge in [-0.2, -0.15) is 0 Å². The average molecular weight is 342 g/mol. The quantitative estimate of drug-likeness (QED) is 0.800. The third-order valence-electron chi connectivity index (χ3n) is 4.40. The Morgan fingerprint density at radius 3 is 2.85 bits per heavy atom. The summed E-state index contributed by atoms with van der Waals surface area (Å²) in [6.45, 7) is 5.58. The summed E-state index contributed by atoms with van der Waals surface area (Å²) in [5.41, 5.74) is 0.857. The third-order valence-corrected chi connectivity index (χ3v) is 4.89. The first-order valence-electron chi connectivity index (χ1n) is 7.77. The first-order valence-corrected chi connectivity index (χ1v) is 8.56. The largest absolute Gasteiger partial charge is 0.314 e. The van der Waals surface area contributed by atoms with Crippen molar-refractivity contribution in [2.75, 3.05) is 6.54 Å². The van der Waals surface area contributed by atoms with Gasteiger partial charge in [-0.25, -0.2) is 4.39 Å². The summed E-state index contributed by atoms with van der Waals surface area (Å²) in [6, 6.07) is 6.00. The zero-order chi connectivity index (χ0) is 14.5. The van der Waals surface area contributed by atoms with Crippen LogP contribution in [-0.2, 0) is 6.42 Å². The smallest absolute Gasteiger partial charge is 0.127 e. The molecule has 0 bridgehead atoms. The fourth-order valence-electron chi connectivity index (χ4n) is 3.29. The van der Waals surface area contributed by atoms with Crippen LogP contribution in [0.4, 0.5) is 4.39 Å². The highest BCUT2D eigenvalue weighted by atomic mass is 79.9. The lowest BCUT2D eigenvalue weighted by Gasteiger charge is -2.36. The van der Waals surface area contributed by atoms with Crippen LogP contribution in [0, 0.1) is 17.7 Å². The molecule has 1 aliphatic rings. The summed E-state index contributed by atoms with van der Waals surface area (Å²) in [5.74, 6) is 1.24. The molecule has 1 aliphatic carbocycles. The molecule has 112 valence electrons. The molecular formula is C17H25BrFN. The normalized spacial score (nSPS) is 26.7. The molecular weight excluding hydrogens is 317 g/mol. The predicted octanol–water partition coefficient (Wildman–Crippen LogP) is 4.94. The Morgan fingerprint density at radius 2 is 2.15 bits per heavy atom. The van der Waals surface area contributed by atoms with E-state index in [9.17, 15) is 4.39 Å². The van der Waals surface area contributed by atoms with Crippen molar-refractivity contribution in [2.45, 2.75) is 52.0 Å². The van der Waals surface area contributed by atoms with Crippen molar-refractivity contribution in [3.05, 3.63) is 34.1 Å². The van der Waals surface area contributed by atoms with Gasteiger partial charge in [-0.05, 0) is 68.2 Å². The molecule has 1 nitrogen and oxygen atoms in total. The Balaban J connectivity index is 2.06. The summed E-state index contributed by atoms with van der Waals surface area (Å²) in [7, 11) is 0. The van der Waals surface area contributed by atoms with Gasteiger partial charge in [0.25, 0.3) is 0 Å². The van der Waals surface area contributed by atoms with Gasteiger partial charge in [-0.3, -0.25) is 0 Å². The SMILES string of the molecule is CCCNC1CCC(C)CC1Cc1ccc(Br)cc1F. The molecule has 1 fully saturated rings. The molecule has 0 aliphatic heterocycles. The van der Waals surface area contributed by atoms with E-state index in [2.05, 4.69) is 35.1 Å². The van der Waals surface area contributed by atoms with Gasteiger partial charge in [0.05, 0.1) is 0 Å². The van der Waals surface area contributed by atoms with Crippen molar-refractivity contribution in [3.63, 3.8) is 0 Å². The highest BCUT2D eigenvalue weighted by Crippen LogP contribution is 2.32. The number of benzene rings is 1. The molecule has 1 saturated carbocycles. The predicted molar refractivity (Wildman–Crippen MR) is 86.4 cm³/mol. The monoisotopic (exact) mass is 341 g/mol. The maximum absolute atomic E-state index is 14.0. The summed E-state index contributed by atoms with van der Waals surface area (Å²) in [4.78, 5) is 0. The highest BCUT2D eigenvalue weighted by molar-refractivity contribution is 9.10. The van der Waals surface area contributed by atoms with Gasteiger partial charge in [0, 0.05) is 10.5 Å². The number of halogens is 2. The van der Waals surface area contributed by atoms with Crippen molar-refractivity contribution < 1.29 is 4.39 Å². The molecule has 0 aromatic heterocycles. The van der Waals surface area contributed by atoms with Gasteiger partial charge < -0.3 is 5.32 Å². The van der Waals surface area contributed by atoms with E-state index >= 15 is 0 Å². The minimum Gasteiger partial charge on any atom is -0.314 e. The van der Waals surface area contributed by atoms with Crippen molar-refractivity contribution in [1.29, 1.82) is 0 Å². The van der Waals surface area contributed by atoms with E-state index in [4.69, 9.17) is 0 Å². The van der Waals surface area contributed by atoms with E-state index in [0.29, 0.717) is 12.0 Å². The molecule has 3 atom stereocenters. The molecule has 0 heterocycles. The van der Waals surface area contributed by atoms with E-state index in [-0.39, 0.29) is 5.82 Å². The van der Waals surface area contributed by atoms with E-state index in [1.165, 1.54) is 19.3 Å². The maximum Gasteiger partial charge on any atom is 0.127 e. The molecule has 0 amide bonds. The molecule has 1 aromatic rings. The van der Waals surface area contributed by atoms with Crippen LogP contribution in [0.25, 0.3) is 0 Å². The summed E-state index contributed by atoms with van der Waals surface area (Å²) in [6.07, 6.45) is 5.73. The number of nitrogens with one attached hydrogen (secondary N) is 1. The van der Waals surface area contributed by atoms with Crippen LogP contribution >= 0.6 is 15.9 Å². The maximum atomic E-state index is 14.0. The van der Waals surface area contributed by atoms with Crippen LogP contribution in [0.15, 0.2) is 22.7 Å². The second-order valence-corrected chi connectivity index (χ2v) is 7.09. The van der Waals surface area contributed by atoms with Crippen molar-refractivity contribution in [1.82, 2.24) is 5.32 Å². The fraction of sp³-hybridized carbons (Fsp3) is 0.647. The lowest BCUT2D eigenvalue weighted by atomic mass is 9.76. The van der Waals surface area contributed by atoms with Gasteiger partial charge >= 0.3 is 0 Å². The Hall–Kier alpha value is -0.410. The van der Waals surface area contributed by atoms with Crippen LogP contribution in [0.1, 0.15) is 45.1 Å². The second-order valence-electron chi connectivity index (χ2n) is 6.18. The molecule has 1 aromatic carbocycles. The average Bonchev–Trinajstić information content (AvgIpc) is 2.41. The summed E-state index contributed by atoms with van der Waals surface area (Å²) < 4.78 is 14.8. The van der Waals surface area contributed by atoms with Crippen LogP contribution in [0.5, 0.6) is 0 Å². The van der Waals surface area contributed by atoms with E-state index < -0.39 is 0 Å². The Bertz CT molecular complexity index is 433. The zero-order valence-electron chi connectivity index (χ0n) is 12.5. The summed E-state index contributed by atoms with van der Waals surface area (Å²) in [5, 5.41) is 3.66. The van der Waals surface area contributed by atoms with Gasteiger partial charge in [-0.15, -0.1) is 0 Å². The number of rotatable bonds is 5. The zero-order valence-corrected chi connectivity index (χ0v) is 14.0. The minimum atomic E-state index is -0.0770. The van der Waals surface area contributed by atoms with E-state index in [1.54, 1.807) is 6.07 Å². The van der Waals surface area contributed by atoms with Gasteiger partial charge in [0.2, 0.25) is 0 Å². The van der Waals surface area contributed by atoms with Gasteiger partial charge in [-0.1, -0.05) is 35.8 Å². The topological polar surface area (TPSA) is 12.0 Å². The fourth-order valence-corrected chi connectivity index (χ4v) is 3.63. The molecule has 3 heteroatoms. The van der Waals surface area contributed by atoms with E-state index in [0.717, 1.165) is 35.3 Å². The molecule has 3 unspecified atom stereocenters. The summed E-state index contributed by atoms with van der Waals surface area (Å²) >= 11 is 3.32. The molecule has 2 rings (SSSR count). The van der Waals surface area contributed by atoms with Crippen LogP contribution in [0.3, 0.4) is 0 Å². The van der Waals surface area contributed by atoms with Crippen molar-refractivity contribution in [3.8, 4) is 0 Å². The van der Waals surface area contributed by atoms with Crippen molar-refractivity contribution in [2.24, 2.45) is 11.8 Å². The Kier molecular flexibility index (Phi) is 6.03. The highest BCUT2D eigenvalue weighted by Gasteiger charge is 2.28. The van der Waals surface area contributed by atoms with E-state index in [1.807, 2.05) is 12.1 Å². The number of hydrogen-bond acceptors (Lipinski definition) is 1. The Labute approximate surface area is 130 Å². The van der Waals surface area contributed by atoms with Crippen LogP contribution in [-0.4, -0.2) is 12.6 Å². The molecule has 0 spiro atoms. The molecule has 1 N–H and O–H groups in total. The van der Waals surface area contributed by atoms with Gasteiger partial charge in [0.15, 0.2) is 0 Å². The van der Waals surface area contributed by atoms with Crippen LogP contribution in [0.2, 0.25) is 0 Å². The molecule has 0 radical (unpaired) electrons. The molecule has 0 saturated heterocycles. The Morgan fingerprint density at radius 1 is 1.35 bits per heavy atom. The lowest BCUT2D eigenvalue weighted by molar-refractivity contribution is 0.211. The second kappa shape index (κ2) is 7.56. The van der Waals surface area contributed by atoms with Crippen molar-refractivity contribution >= 4 is 15.9 Å².